The molecule has 2 rings (SSSR count). The minimum atomic E-state index is 0.547. The highest BCUT2D eigenvalue weighted by Gasteiger charge is 1.95. The Morgan fingerprint density at radius 3 is 2.67 bits per heavy atom. The Bertz CT molecular complexity index is 332. The first-order valence-corrected chi connectivity index (χ1v) is 4.15. The predicted octanol–water partition coefficient (Wildman–Crippen LogP) is 1.68. The maximum atomic E-state index is 3.92. The zero-order valence-electron chi connectivity index (χ0n) is 6.14. The lowest BCUT2D eigenvalue weighted by Crippen LogP contribution is -1.90. The second kappa shape index (κ2) is 3.27. The van der Waals surface area contributed by atoms with Crippen molar-refractivity contribution >= 4 is 23.4 Å². The van der Waals surface area contributed by atoms with Gasteiger partial charge in [-0.05, 0) is 12.1 Å². The van der Waals surface area contributed by atoms with Crippen molar-refractivity contribution in [2.24, 2.45) is 0 Å². The number of para-hydroxylation sites is 1. The molecule has 60 valence electrons. The topological polar surface area (TPSA) is 50.7 Å². The molecule has 0 radical (unpaired) electrons. The second-order valence-corrected chi connectivity index (χ2v) is 2.68. The number of anilines is 2. The van der Waals surface area contributed by atoms with Gasteiger partial charge in [0.2, 0.25) is 0 Å². The van der Waals surface area contributed by atoms with E-state index in [0.29, 0.717) is 5.95 Å². The van der Waals surface area contributed by atoms with E-state index in [0.717, 1.165) is 17.4 Å². The predicted molar refractivity (Wildman–Crippen MR) is 47.4 cm³/mol. The standard InChI is InChI=1S/C7H6N4S/c1-2-4-6(5-3-1)8-7-9-11-12-10-7/h1-5H,(H,8,10). The zero-order valence-corrected chi connectivity index (χ0v) is 6.95. The molecular weight excluding hydrogens is 172 g/mol. The molecule has 0 saturated carbocycles. The molecule has 12 heavy (non-hydrogen) atoms. The summed E-state index contributed by atoms with van der Waals surface area (Å²) in [6.07, 6.45) is 0. The van der Waals surface area contributed by atoms with Gasteiger partial charge in [0.25, 0.3) is 5.95 Å². The van der Waals surface area contributed by atoms with E-state index < -0.39 is 0 Å². The average Bonchev–Trinajstić information content (AvgIpc) is 2.59. The molecule has 0 aliphatic rings. The number of hydrogen-bond donors (Lipinski definition) is 1. The third-order valence-corrected chi connectivity index (χ3v) is 1.74. The lowest BCUT2D eigenvalue weighted by Gasteiger charge is -1.97. The van der Waals surface area contributed by atoms with Crippen LogP contribution in [0, 0.1) is 0 Å². The first-order valence-electron chi connectivity index (χ1n) is 3.42. The van der Waals surface area contributed by atoms with E-state index >= 15 is 0 Å². The fourth-order valence-corrected chi connectivity index (χ4v) is 1.14. The van der Waals surface area contributed by atoms with Gasteiger partial charge in [-0.3, -0.25) is 0 Å². The molecule has 1 aromatic carbocycles. The summed E-state index contributed by atoms with van der Waals surface area (Å²) in [5.41, 5.74) is 0.970. The minimum absolute atomic E-state index is 0.547. The van der Waals surface area contributed by atoms with E-state index in [1.54, 1.807) is 0 Å². The maximum absolute atomic E-state index is 3.92. The number of benzene rings is 1. The van der Waals surface area contributed by atoms with Gasteiger partial charge >= 0.3 is 0 Å². The third-order valence-electron chi connectivity index (χ3n) is 1.33. The Kier molecular flexibility index (Phi) is 1.96. The highest BCUT2D eigenvalue weighted by atomic mass is 32.1. The van der Waals surface area contributed by atoms with Gasteiger partial charge in [-0.2, -0.15) is 0 Å². The SMILES string of the molecule is c1ccc(Nc2nnsn2)cc1. The zero-order chi connectivity index (χ0) is 8.23. The molecule has 0 saturated heterocycles. The third kappa shape index (κ3) is 1.57. The summed E-state index contributed by atoms with van der Waals surface area (Å²) >= 11 is 1.09. The number of nitrogens with zero attached hydrogens (tertiary/aromatic N) is 3. The quantitative estimate of drug-likeness (QED) is 0.760. The van der Waals surface area contributed by atoms with E-state index in [-0.39, 0.29) is 0 Å². The highest BCUT2D eigenvalue weighted by Crippen LogP contribution is 2.10. The molecular formula is C7H6N4S. The van der Waals surface area contributed by atoms with Crippen molar-refractivity contribution in [3.63, 3.8) is 0 Å². The van der Waals surface area contributed by atoms with Gasteiger partial charge in [0, 0.05) is 5.69 Å². The van der Waals surface area contributed by atoms with Crippen molar-refractivity contribution in [1.29, 1.82) is 0 Å². The second-order valence-electron chi connectivity index (χ2n) is 2.17. The molecule has 1 N–H and O–H groups in total. The van der Waals surface area contributed by atoms with Crippen LogP contribution in [0.25, 0.3) is 0 Å². The molecule has 4 nitrogen and oxygen atoms in total. The molecule has 0 amide bonds. The Balaban J connectivity index is 2.15. The molecule has 5 heteroatoms. The van der Waals surface area contributed by atoms with Gasteiger partial charge in [0.1, 0.15) is 0 Å². The Morgan fingerprint density at radius 1 is 1.17 bits per heavy atom. The van der Waals surface area contributed by atoms with Crippen molar-refractivity contribution in [3.8, 4) is 0 Å². The van der Waals surface area contributed by atoms with Gasteiger partial charge in [0.15, 0.2) is 0 Å². The average molecular weight is 178 g/mol. The van der Waals surface area contributed by atoms with E-state index in [2.05, 4.69) is 19.3 Å². The largest absolute Gasteiger partial charge is 0.322 e. The Labute approximate surface area is 73.6 Å². The normalized spacial score (nSPS) is 9.67. The fourth-order valence-electron chi connectivity index (χ4n) is 0.831. The molecule has 0 aliphatic carbocycles. The van der Waals surface area contributed by atoms with Crippen LogP contribution in [0.3, 0.4) is 0 Å². The highest BCUT2D eigenvalue weighted by molar-refractivity contribution is 6.99. The van der Waals surface area contributed by atoms with Crippen LogP contribution in [-0.4, -0.2) is 14.0 Å². The van der Waals surface area contributed by atoms with Crippen LogP contribution in [0.1, 0.15) is 0 Å². The van der Waals surface area contributed by atoms with Crippen LogP contribution in [0.4, 0.5) is 11.6 Å². The molecule has 0 atom stereocenters. The molecule has 1 heterocycles. The van der Waals surface area contributed by atoms with Gasteiger partial charge in [-0.25, -0.2) is 0 Å². The van der Waals surface area contributed by atoms with Crippen LogP contribution in [0.5, 0.6) is 0 Å². The Hall–Kier alpha value is -1.49. The molecule has 1 aromatic heterocycles. The monoisotopic (exact) mass is 178 g/mol. The van der Waals surface area contributed by atoms with Crippen LogP contribution in [0.15, 0.2) is 30.3 Å². The molecule has 2 aromatic rings. The van der Waals surface area contributed by atoms with Gasteiger partial charge in [-0.15, -0.1) is 4.37 Å². The van der Waals surface area contributed by atoms with Crippen LogP contribution in [-0.2, 0) is 0 Å². The Morgan fingerprint density at radius 2 is 2.00 bits per heavy atom. The summed E-state index contributed by atoms with van der Waals surface area (Å²) in [6, 6.07) is 9.74. The molecule has 0 fully saturated rings. The number of hydrogen-bond acceptors (Lipinski definition) is 5. The molecule has 0 unspecified atom stereocenters. The van der Waals surface area contributed by atoms with Crippen molar-refractivity contribution in [3.05, 3.63) is 30.3 Å². The number of rotatable bonds is 2. The first-order chi connectivity index (χ1) is 5.95. The van der Waals surface area contributed by atoms with Crippen LogP contribution >= 0.6 is 11.7 Å². The van der Waals surface area contributed by atoms with Gasteiger partial charge < -0.3 is 5.32 Å². The van der Waals surface area contributed by atoms with Crippen molar-refractivity contribution in [2.45, 2.75) is 0 Å². The van der Waals surface area contributed by atoms with Crippen molar-refractivity contribution < 1.29 is 0 Å². The lowest BCUT2D eigenvalue weighted by atomic mass is 10.3. The number of nitrogens with one attached hydrogen (secondary N) is 1. The number of aromatic nitrogens is 3. The van der Waals surface area contributed by atoms with Crippen molar-refractivity contribution in [1.82, 2.24) is 14.0 Å². The smallest absolute Gasteiger partial charge is 0.260 e. The van der Waals surface area contributed by atoms with E-state index in [1.165, 1.54) is 0 Å². The summed E-state index contributed by atoms with van der Waals surface area (Å²) in [5.74, 6) is 0.547. The van der Waals surface area contributed by atoms with E-state index in [1.807, 2.05) is 30.3 Å². The summed E-state index contributed by atoms with van der Waals surface area (Å²) in [7, 11) is 0. The van der Waals surface area contributed by atoms with Crippen LogP contribution in [0.2, 0.25) is 0 Å². The minimum Gasteiger partial charge on any atom is -0.322 e. The summed E-state index contributed by atoms with van der Waals surface area (Å²) < 4.78 is 7.56. The lowest BCUT2D eigenvalue weighted by molar-refractivity contribution is 1.14. The van der Waals surface area contributed by atoms with E-state index in [9.17, 15) is 0 Å². The summed E-state index contributed by atoms with van der Waals surface area (Å²) in [6.45, 7) is 0. The van der Waals surface area contributed by atoms with Gasteiger partial charge in [0.05, 0.1) is 11.7 Å². The molecule has 0 bridgehead atoms. The fraction of sp³-hybridized carbons (Fsp3) is 0. The molecule has 0 aliphatic heterocycles. The molecule has 0 spiro atoms. The van der Waals surface area contributed by atoms with E-state index in [4.69, 9.17) is 0 Å². The summed E-state index contributed by atoms with van der Waals surface area (Å²) in [4.78, 5) is 0. The van der Waals surface area contributed by atoms with Crippen LogP contribution < -0.4 is 5.32 Å². The first kappa shape index (κ1) is 7.17. The summed E-state index contributed by atoms with van der Waals surface area (Å²) in [5, 5.41) is 6.77. The van der Waals surface area contributed by atoms with Crippen molar-refractivity contribution in [2.75, 3.05) is 5.32 Å². The van der Waals surface area contributed by atoms with Gasteiger partial charge in [-0.1, -0.05) is 27.8 Å². The maximum Gasteiger partial charge on any atom is 0.260 e.